The van der Waals surface area contributed by atoms with Crippen molar-refractivity contribution in [1.29, 1.82) is 0 Å². The van der Waals surface area contributed by atoms with Crippen molar-refractivity contribution in [2.24, 2.45) is 0 Å². The third-order valence-corrected chi connectivity index (χ3v) is 16.5. The van der Waals surface area contributed by atoms with Gasteiger partial charge in [-0.05, 0) is 64.2 Å². The van der Waals surface area contributed by atoms with Crippen molar-refractivity contribution in [3.8, 4) is 0 Å². The van der Waals surface area contributed by atoms with Crippen molar-refractivity contribution < 1.29 is 82.0 Å². The highest BCUT2D eigenvalue weighted by Crippen LogP contribution is 2.62. The predicted molar refractivity (Wildman–Crippen MR) is 266 cm³/mol. The topological polar surface area (TPSA) is 197 Å². The molecule has 0 amide bonds. The molecule has 22 heteroatoms. The Hall–Kier alpha value is 0.360. The van der Waals surface area contributed by atoms with Gasteiger partial charge >= 0.3 is 31.3 Å². The Morgan fingerprint density at radius 3 is 0.529 bits per heavy atom. The lowest BCUT2D eigenvalue weighted by molar-refractivity contribution is -0.235. The zero-order valence-corrected chi connectivity index (χ0v) is 47.4. The summed E-state index contributed by atoms with van der Waals surface area (Å²) < 4.78 is 149. The van der Waals surface area contributed by atoms with Crippen LogP contribution in [0.5, 0.6) is 0 Å². The van der Waals surface area contributed by atoms with E-state index in [-0.39, 0.29) is 66.1 Å². The lowest BCUT2D eigenvalue weighted by atomic mass is 9.84. The molecule has 1 aliphatic rings. The van der Waals surface area contributed by atoms with Crippen LogP contribution in [0.1, 0.15) is 198 Å². The highest BCUT2D eigenvalue weighted by Gasteiger charge is 2.62. The van der Waals surface area contributed by atoms with Gasteiger partial charge in [-0.15, -0.1) is 0 Å². The summed E-state index contributed by atoms with van der Waals surface area (Å²) in [7, 11) is -18.3. The number of unbranched alkanes of at least 4 members (excludes halogenated alkanes) is 10. The molecule has 1 rings (SSSR count). The van der Waals surface area contributed by atoms with Crippen LogP contribution in [0.2, 0.25) is 0 Å². The molecule has 68 heavy (non-hydrogen) atoms. The number of phosphoric acid groups is 4. The van der Waals surface area contributed by atoms with Gasteiger partial charge in [0.25, 0.3) is 0 Å². The Morgan fingerprint density at radius 1 is 0.235 bits per heavy atom. The van der Waals surface area contributed by atoms with E-state index in [9.17, 15) is 0 Å². The van der Waals surface area contributed by atoms with E-state index in [1.54, 1.807) is 0 Å². The minimum atomic E-state index is -4.57. The van der Waals surface area contributed by atoms with Crippen LogP contribution in [0, 0.1) is 0 Å². The van der Waals surface area contributed by atoms with Crippen LogP contribution < -0.4 is 0 Å². The highest BCUT2D eigenvalue weighted by atomic mass is 31.2. The molecule has 0 aromatic heterocycles. The van der Waals surface area contributed by atoms with E-state index in [0.29, 0.717) is 128 Å². The molecule has 1 fully saturated rings. The quantitative estimate of drug-likeness (QED) is 0.0411. The molecule has 0 spiro atoms. The van der Waals surface area contributed by atoms with Crippen LogP contribution in [0.3, 0.4) is 0 Å². The molecular weight excluding hydrogens is 964 g/mol. The summed E-state index contributed by atoms with van der Waals surface area (Å²) in [6, 6.07) is 0. The summed E-state index contributed by atoms with van der Waals surface area (Å²) in [5.41, 5.74) is 0. The zero-order chi connectivity index (χ0) is 50.6. The minimum absolute atomic E-state index is 0.0134. The summed E-state index contributed by atoms with van der Waals surface area (Å²) in [5, 5.41) is 0. The van der Waals surface area contributed by atoms with Crippen LogP contribution >= 0.6 is 31.3 Å². The lowest BCUT2D eigenvalue weighted by Crippen LogP contribution is -2.67. The fourth-order valence-corrected chi connectivity index (χ4v) is 12.0. The molecule has 18 nitrogen and oxygen atoms in total. The summed E-state index contributed by atoms with van der Waals surface area (Å²) in [6.45, 7) is 19.9. The van der Waals surface area contributed by atoms with Crippen LogP contribution in [0.25, 0.3) is 0 Å². The van der Waals surface area contributed by atoms with E-state index in [1.165, 1.54) is 0 Å². The number of hydrogen-bond donors (Lipinski definition) is 0. The number of rotatable bonds is 48. The Kier molecular flexibility index (Phi) is 38.8. The van der Waals surface area contributed by atoms with Gasteiger partial charge in [-0.25, -0.2) is 18.3 Å². The normalized spacial score (nSPS) is 20.7. The van der Waals surface area contributed by atoms with Crippen molar-refractivity contribution in [2.75, 3.05) is 66.1 Å². The molecule has 0 radical (unpaired) electrons. The summed E-state index contributed by atoms with van der Waals surface area (Å²) in [6.07, 6.45) is 2.88. The first-order valence-electron chi connectivity index (χ1n) is 26.3. The van der Waals surface area contributed by atoms with E-state index < -0.39 is 67.9 Å². The maximum atomic E-state index is 15.1. The second-order valence-corrected chi connectivity index (χ2v) is 23.4. The number of hydrogen-bond acceptors (Lipinski definition) is 18. The molecular formula is C46H96O18P4. The zero-order valence-electron chi connectivity index (χ0n) is 43.8. The molecule has 1 aliphatic carbocycles. The van der Waals surface area contributed by atoms with Crippen molar-refractivity contribution in [3.63, 3.8) is 0 Å². The monoisotopic (exact) mass is 1060 g/mol. The van der Waals surface area contributed by atoms with E-state index in [1.807, 2.05) is 69.2 Å². The predicted octanol–water partition coefficient (Wildman–Crippen LogP) is 14.9. The molecule has 0 aliphatic heterocycles. The average Bonchev–Trinajstić information content (AvgIpc) is 3.30. The maximum absolute atomic E-state index is 15.1. The first-order valence-corrected chi connectivity index (χ1v) is 32.1. The molecule has 0 N–H and O–H groups in total. The fourth-order valence-electron chi connectivity index (χ4n) is 6.26. The van der Waals surface area contributed by atoms with Crippen LogP contribution in [-0.2, 0) is 82.0 Å². The summed E-state index contributed by atoms with van der Waals surface area (Å²) in [4.78, 5) is 0. The Bertz CT molecular complexity index is 1160. The van der Waals surface area contributed by atoms with Gasteiger partial charge in [-0.3, -0.25) is 54.3 Å². The molecule has 6 atom stereocenters. The van der Waals surface area contributed by atoms with Gasteiger partial charge in [0.05, 0.1) is 52.9 Å². The third-order valence-electron chi connectivity index (χ3n) is 10.5. The molecule has 1 saturated carbocycles. The van der Waals surface area contributed by atoms with Gasteiger partial charge in [0.15, 0.2) is 0 Å². The molecule has 0 unspecified atom stereocenters. The molecule has 408 valence electrons. The fraction of sp³-hybridized carbons (Fsp3) is 1.00. The molecule has 0 aromatic rings. The SMILES string of the molecule is CCCCO[C@@H]1[C@@H](OP(=O)(OCCCC)OCCCC)[C@H](OP(=O)(OCCCC)OCCCC)[C@H](OCCCC)[C@H](OP(=O)(OCCCC)OCCCC)[C@H]1OP(=O)(OCCCC)OCCCC. The second-order valence-electron chi connectivity index (χ2n) is 16.9. The van der Waals surface area contributed by atoms with Gasteiger partial charge in [0.1, 0.15) is 36.6 Å². The molecule has 0 saturated heterocycles. The first kappa shape index (κ1) is 66.4. The van der Waals surface area contributed by atoms with Gasteiger partial charge in [-0.1, -0.05) is 133 Å². The Balaban J connectivity index is 4.62. The number of phosphoric ester groups is 4. The van der Waals surface area contributed by atoms with Gasteiger partial charge in [0, 0.05) is 13.2 Å². The third kappa shape index (κ3) is 27.1. The van der Waals surface area contributed by atoms with Crippen molar-refractivity contribution >= 4 is 31.3 Å². The Morgan fingerprint density at radius 2 is 0.382 bits per heavy atom. The Labute approximate surface area is 412 Å². The van der Waals surface area contributed by atoms with Crippen LogP contribution in [0.15, 0.2) is 0 Å². The summed E-state index contributed by atoms with van der Waals surface area (Å²) in [5.74, 6) is 0. The van der Waals surface area contributed by atoms with Crippen molar-refractivity contribution in [3.05, 3.63) is 0 Å². The molecule has 0 bridgehead atoms. The molecule has 0 aromatic carbocycles. The summed E-state index contributed by atoms with van der Waals surface area (Å²) >= 11 is 0. The van der Waals surface area contributed by atoms with Crippen molar-refractivity contribution in [2.45, 2.75) is 234 Å². The van der Waals surface area contributed by atoms with Crippen molar-refractivity contribution in [1.82, 2.24) is 0 Å². The molecule has 0 heterocycles. The largest absolute Gasteiger partial charge is 0.475 e. The highest BCUT2D eigenvalue weighted by molar-refractivity contribution is 7.49. The maximum Gasteiger partial charge on any atom is 0.475 e. The van der Waals surface area contributed by atoms with Crippen LogP contribution in [0.4, 0.5) is 0 Å². The average molecular weight is 1060 g/mol. The van der Waals surface area contributed by atoms with E-state index in [2.05, 4.69) is 0 Å². The minimum Gasteiger partial charge on any atom is -0.373 e. The van der Waals surface area contributed by atoms with E-state index >= 15 is 18.3 Å². The van der Waals surface area contributed by atoms with E-state index in [0.717, 1.165) is 0 Å². The van der Waals surface area contributed by atoms with Gasteiger partial charge in [-0.2, -0.15) is 0 Å². The number of ether oxygens (including phenoxy) is 2. The lowest BCUT2D eigenvalue weighted by Gasteiger charge is -2.50. The van der Waals surface area contributed by atoms with Crippen LogP contribution in [-0.4, -0.2) is 103 Å². The van der Waals surface area contributed by atoms with E-state index in [4.69, 9.17) is 63.8 Å². The smallest absolute Gasteiger partial charge is 0.373 e. The second kappa shape index (κ2) is 39.8. The standard InChI is InChI=1S/C46H96O18P4/c1-11-21-31-51-41-43(61-65(47,53-33-23-13-3)54-34-24-14-4)45(63-67(49,57-37-27-17-7)58-38-28-18-8)42(52-32-22-12-2)46(64-68(50,59-39-29-19-9)60-40-30-20-10)44(41)62-66(48,55-35-25-15-5)56-36-26-16-6/h41-46H,11-40H2,1-10H3/t41-,42+,43-,44+,45-,46+. The first-order chi connectivity index (χ1) is 32.8. The van der Waals surface area contributed by atoms with Gasteiger partial charge in [0.2, 0.25) is 0 Å². The van der Waals surface area contributed by atoms with Gasteiger partial charge < -0.3 is 9.47 Å².